The van der Waals surface area contributed by atoms with Gasteiger partial charge in [0, 0.05) is 4.43 Å². The highest BCUT2D eigenvalue weighted by atomic mass is 127. The Hall–Kier alpha value is 0.730. The second kappa shape index (κ2) is 11.8. The lowest BCUT2D eigenvalue weighted by atomic mass is 10.0. The standard InChI is InChI=1S/C13H27I/c1-3-4-5-6-7-8-9-10-11-13(2)12-14/h13H,3-12H2,1-2H3/t13-/m0/s1. The van der Waals surface area contributed by atoms with Gasteiger partial charge in [0.1, 0.15) is 0 Å². The van der Waals surface area contributed by atoms with Crippen molar-refractivity contribution in [3.63, 3.8) is 0 Å². The van der Waals surface area contributed by atoms with Gasteiger partial charge in [-0.1, -0.05) is 87.8 Å². The summed E-state index contributed by atoms with van der Waals surface area (Å²) in [6, 6.07) is 0. The summed E-state index contributed by atoms with van der Waals surface area (Å²) in [7, 11) is 0. The third-order valence-corrected chi connectivity index (χ3v) is 4.32. The Balaban J connectivity index is 2.92. The minimum atomic E-state index is 0.940. The summed E-state index contributed by atoms with van der Waals surface area (Å²) in [5.74, 6) is 0.940. The van der Waals surface area contributed by atoms with Gasteiger partial charge in [0.25, 0.3) is 0 Å². The van der Waals surface area contributed by atoms with Crippen LogP contribution in [0.25, 0.3) is 0 Å². The van der Waals surface area contributed by atoms with Crippen molar-refractivity contribution in [2.75, 3.05) is 4.43 Å². The molecule has 0 heterocycles. The molecule has 0 fully saturated rings. The topological polar surface area (TPSA) is 0 Å². The smallest absolute Gasteiger partial charge is 0.00210 e. The van der Waals surface area contributed by atoms with Crippen LogP contribution in [0, 0.1) is 5.92 Å². The van der Waals surface area contributed by atoms with Crippen molar-refractivity contribution in [2.45, 2.75) is 71.6 Å². The van der Waals surface area contributed by atoms with Gasteiger partial charge in [-0.25, -0.2) is 0 Å². The average molecular weight is 310 g/mol. The fourth-order valence-electron chi connectivity index (χ4n) is 1.70. The van der Waals surface area contributed by atoms with E-state index in [9.17, 15) is 0 Å². The molecule has 0 aromatic carbocycles. The number of halogens is 1. The Morgan fingerprint density at radius 1 is 0.857 bits per heavy atom. The van der Waals surface area contributed by atoms with Crippen molar-refractivity contribution < 1.29 is 0 Å². The molecule has 0 rings (SSSR count). The predicted octanol–water partition coefficient (Wildman–Crippen LogP) is 5.59. The number of unbranched alkanes of at least 4 members (excludes halogenated alkanes) is 7. The molecule has 0 radical (unpaired) electrons. The first-order valence-corrected chi connectivity index (χ1v) is 7.89. The van der Waals surface area contributed by atoms with Crippen LogP contribution in [0.1, 0.15) is 71.6 Å². The maximum atomic E-state index is 2.50. The molecular weight excluding hydrogens is 283 g/mol. The Morgan fingerprint density at radius 3 is 1.86 bits per heavy atom. The van der Waals surface area contributed by atoms with E-state index < -0.39 is 0 Å². The lowest BCUT2D eigenvalue weighted by Crippen LogP contribution is -1.94. The van der Waals surface area contributed by atoms with Crippen molar-refractivity contribution >= 4 is 22.6 Å². The molecule has 0 N–H and O–H groups in total. The van der Waals surface area contributed by atoms with Gasteiger partial charge in [0.2, 0.25) is 0 Å². The van der Waals surface area contributed by atoms with E-state index in [1.807, 2.05) is 0 Å². The van der Waals surface area contributed by atoms with Crippen molar-refractivity contribution in [1.29, 1.82) is 0 Å². The highest BCUT2D eigenvalue weighted by Crippen LogP contribution is 2.14. The Labute approximate surface area is 104 Å². The third-order valence-electron chi connectivity index (χ3n) is 2.81. The van der Waals surface area contributed by atoms with Gasteiger partial charge >= 0.3 is 0 Å². The molecule has 0 nitrogen and oxygen atoms in total. The molecule has 0 bridgehead atoms. The van der Waals surface area contributed by atoms with Crippen molar-refractivity contribution in [1.82, 2.24) is 0 Å². The Morgan fingerprint density at radius 2 is 1.36 bits per heavy atom. The van der Waals surface area contributed by atoms with Crippen LogP contribution in [-0.4, -0.2) is 4.43 Å². The largest absolute Gasteiger partial charge is 0.0861 e. The molecule has 0 amide bonds. The Kier molecular flexibility index (Phi) is 12.4. The van der Waals surface area contributed by atoms with E-state index in [1.165, 1.54) is 62.2 Å². The minimum Gasteiger partial charge on any atom is -0.0861 e. The second-order valence-electron chi connectivity index (χ2n) is 4.52. The number of hydrogen-bond donors (Lipinski definition) is 0. The third kappa shape index (κ3) is 10.8. The molecule has 1 heteroatoms. The fourth-order valence-corrected chi connectivity index (χ4v) is 2.14. The van der Waals surface area contributed by atoms with Crippen LogP contribution < -0.4 is 0 Å². The summed E-state index contributed by atoms with van der Waals surface area (Å²) in [5, 5.41) is 0. The Bertz CT molecular complexity index is 101. The van der Waals surface area contributed by atoms with Crippen LogP contribution in [0.15, 0.2) is 0 Å². The molecule has 0 aliphatic carbocycles. The van der Waals surface area contributed by atoms with E-state index in [2.05, 4.69) is 36.4 Å². The molecule has 0 aromatic heterocycles. The summed E-state index contributed by atoms with van der Waals surface area (Å²) in [6.45, 7) is 4.65. The highest BCUT2D eigenvalue weighted by molar-refractivity contribution is 14.1. The van der Waals surface area contributed by atoms with E-state index in [4.69, 9.17) is 0 Å². The fraction of sp³-hybridized carbons (Fsp3) is 1.00. The van der Waals surface area contributed by atoms with Gasteiger partial charge in [-0.05, 0) is 12.3 Å². The van der Waals surface area contributed by atoms with E-state index in [0.717, 1.165) is 5.92 Å². The zero-order chi connectivity index (χ0) is 10.6. The SMILES string of the molecule is CCCCCCCCCC[C@H](C)CI. The summed E-state index contributed by atoms with van der Waals surface area (Å²) in [4.78, 5) is 0. The monoisotopic (exact) mass is 310 g/mol. The zero-order valence-corrected chi connectivity index (χ0v) is 12.2. The van der Waals surface area contributed by atoms with Crippen LogP contribution in [-0.2, 0) is 0 Å². The molecule has 14 heavy (non-hydrogen) atoms. The molecular formula is C13H27I. The van der Waals surface area contributed by atoms with Crippen molar-refractivity contribution in [2.24, 2.45) is 5.92 Å². The molecule has 0 spiro atoms. The first-order chi connectivity index (χ1) is 6.81. The molecule has 0 aliphatic heterocycles. The van der Waals surface area contributed by atoms with E-state index in [-0.39, 0.29) is 0 Å². The first-order valence-electron chi connectivity index (χ1n) is 6.37. The number of rotatable bonds is 10. The van der Waals surface area contributed by atoms with Gasteiger partial charge in [-0.2, -0.15) is 0 Å². The summed E-state index contributed by atoms with van der Waals surface area (Å²) in [6.07, 6.45) is 13.0. The maximum Gasteiger partial charge on any atom is 0.00210 e. The van der Waals surface area contributed by atoms with Crippen LogP contribution in [0.3, 0.4) is 0 Å². The quantitative estimate of drug-likeness (QED) is 0.280. The van der Waals surface area contributed by atoms with Gasteiger partial charge in [0.15, 0.2) is 0 Å². The summed E-state index contributed by atoms with van der Waals surface area (Å²) < 4.78 is 1.33. The highest BCUT2D eigenvalue weighted by Gasteiger charge is 1.98. The number of alkyl halides is 1. The molecule has 0 aromatic rings. The molecule has 0 saturated heterocycles. The van der Waals surface area contributed by atoms with Gasteiger partial charge < -0.3 is 0 Å². The average Bonchev–Trinajstić information content (AvgIpc) is 2.21. The molecule has 0 saturated carbocycles. The van der Waals surface area contributed by atoms with E-state index >= 15 is 0 Å². The van der Waals surface area contributed by atoms with Crippen LogP contribution in [0.2, 0.25) is 0 Å². The maximum absolute atomic E-state index is 2.50. The molecule has 0 aliphatic rings. The van der Waals surface area contributed by atoms with Gasteiger partial charge in [-0.3, -0.25) is 0 Å². The van der Waals surface area contributed by atoms with Gasteiger partial charge in [0.05, 0.1) is 0 Å². The second-order valence-corrected chi connectivity index (χ2v) is 5.40. The number of hydrogen-bond acceptors (Lipinski definition) is 0. The predicted molar refractivity (Wildman–Crippen MR) is 75.3 cm³/mol. The van der Waals surface area contributed by atoms with Crippen molar-refractivity contribution in [3.8, 4) is 0 Å². The normalized spacial score (nSPS) is 13.1. The van der Waals surface area contributed by atoms with Crippen LogP contribution >= 0.6 is 22.6 Å². The van der Waals surface area contributed by atoms with E-state index in [0.29, 0.717) is 0 Å². The summed E-state index contributed by atoms with van der Waals surface area (Å²) >= 11 is 2.50. The lowest BCUT2D eigenvalue weighted by molar-refractivity contribution is 0.516. The molecule has 86 valence electrons. The van der Waals surface area contributed by atoms with Crippen LogP contribution in [0.5, 0.6) is 0 Å². The van der Waals surface area contributed by atoms with Crippen molar-refractivity contribution in [3.05, 3.63) is 0 Å². The van der Waals surface area contributed by atoms with Gasteiger partial charge in [-0.15, -0.1) is 0 Å². The molecule has 1 atom stereocenters. The first kappa shape index (κ1) is 14.7. The lowest BCUT2D eigenvalue weighted by Gasteiger charge is -2.06. The van der Waals surface area contributed by atoms with E-state index in [1.54, 1.807) is 0 Å². The summed E-state index contributed by atoms with van der Waals surface area (Å²) in [5.41, 5.74) is 0. The molecule has 0 unspecified atom stereocenters. The van der Waals surface area contributed by atoms with Crippen LogP contribution in [0.4, 0.5) is 0 Å². The minimum absolute atomic E-state index is 0.940. The zero-order valence-electron chi connectivity index (χ0n) is 10.0.